The van der Waals surface area contributed by atoms with E-state index >= 15 is 4.79 Å². The fourth-order valence-electron chi connectivity index (χ4n) is 10.4. The molecule has 0 fully saturated rings. The Hall–Kier alpha value is -12.6. The third kappa shape index (κ3) is 49.8. The summed E-state index contributed by atoms with van der Waals surface area (Å²) in [5, 5.41) is 34.1. The molecule has 0 aliphatic rings. The second kappa shape index (κ2) is 56.6. The first-order valence-electron chi connectivity index (χ1n) is 36.3. The second-order valence-corrected chi connectivity index (χ2v) is 25.8. The van der Waals surface area contributed by atoms with Crippen LogP contribution in [0.25, 0.3) is 0 Å². The van der Waals surface area contributed by atoms with E-state index in [2.05, 4.69) is 104 Å². The number of rotatable bonds is 59. The number of guanidine groups is 10. The molecule has 0 spiro atoms. The average Bonchev–Trinajstić information content (AvgIpc) is 0.860. The van der Waals surface area contributed by atoms with Gasteiger partial charge in [0.2, 0.25) is 47.3 Å². The second-order valence-electron chi connectivity index (χ2n) is 25.8. The third-order valence-corrected chi connectivity index (χ3v) is 16.1. The van der Waals surface area contributed by atoms with Crippen LogP contribution in [0.3, 0.4) is 0 Å². The highest BCUT2D eigenvalue weighted by molar-refractivity contribution is 5.98. The van der Waals surface area contributed by atoms with Gasteiger partial charge in [0.1, 0.15) is 54.4 Å². The molecule has 9 amide bonds. The van der Waals surface area contributed by atoms with Gasteiger partial charge in [-0.3, -0.25) is 208 Å². The lowest BCUT2D eigenvalue weighted by Crippen LogP contribution is -2.78. The fraction of sp³-hybridized carbons (Fsp3) is 0.667. The third-order valence-electron chi connectivity index (χ3n) is 16.1. The molecule has 63 N–H and O–H groups in total. The molecule has 0 aliphatic carbocycles. The monoisotopic (exact) mass is 1590 g/mol. The zero-order chi connectivity index (χ0) is 84.0. The SMILES string of the molecule is NC(N)=[NH+]CCC[C@H](NC(=O)[C@H](CCC[NH+]=C(N)N)NC(=O)[C@H](CCC[NH+]=C(N)N)NC(=O)[C@H](CCC[NH+]=C(N)N)NC(=O)[C@H](CCC[NH+]=C(N)N)NC(=O)[C@H](CCC[NH+]=C(N)N)NC(=O)[C@H](CCC[NH+]=C(N)N)NC(=O)[C@H](CCC[NH+]=C(N)N)NC(=O)[C@H](CCC[NH+]=C(N)N)NC(=O)[C@@H]([NH3+])CCC[NH+]=C(N)N)C(=O)O. The summed E-state index contributed by atoms with van der Waals surface area (Å²) in [5.74, 6) is -10.7. The molecule has 0 aromatic carbocycles. The normalized spacial score (nSPS) is 13.3. The van der Waals surface area contributed by atoms with E-state index in [-0.39, 0.29) is 240 Å². The quantitative estimate of drug-likeness (QED) is 0.0153. The molecular formula is C60H133N40O11+11. The van der Waals surface area contributed by atoms with Crippen molar-refractivity contribution in [3.63, 3.8) is 0 Å². The number of carbonyl (C=O) groups is 10. The molecule has 0 rings (SSSR count). The molecule has 0 aliphatic heterocycles. The van der Waals surface area contributed by atoms with Gasteiger partial charge < -0.3 is 58.7 Å². The first-order valence-corrected chi connectivity index (χ1v) is 36.3. The molecule has 51 nitrogen and oxygen atoms in total. The van der Waals surface area contributed by atoms with Crippen LogP contribution in [0.1, 0.15) is 128 Å². The van der Waals surface area contributed by atoms with Crippen molar-refractivity contribution in [2.24, 2.45) is 115 Å². The van der Waals surface area contributed by atoms with E-state index < -0.39 is 120 Å². The Kier molecular flexibility index (Phi) is 50.2. The Bertz CT molecular complexity index is 3230. The first-order chi connectivity index (χ1) is 52.3. The fourth-order valence-corrected chi connectivity index (χ4v) is 10.4. The number of amides is 9. The maximum Gasteiger partial charge on any atom is 0.338 e. The van der Waals surface area contributed by atoms with E-state index in [1.54, 1.807) is 0 Å². The van der Waals surface area contributed by atoms with E-state index in [0.29, 0.717) is 13.0 Å². The van der Waals surface area contributed by atoms with Crippen LogP contribution in [0.5, 0.6) is 0 Å². The summed E-state index contributed by atoms with van der Waals surface area (Å²) in [7, 11) is 0. The first kappa shape index (κ1) is 98.4. The molecule has 0 bridgehead atoms. The van der Waals surface area contributed by atoms with Gasteiger partial charge in [-0.1, -0.05) is 0 Å². The number of nitrogens with one attached hydrogen (secondary N) is 19. The Morgan fingerprint density at radius 3 is 0.459 bits per heavy atom. The van der Waals surface area contributed by atoms with Crippen LogP contribution >= 0.6 is 0 Å². The van der Waals surface area contributed by atoms with Crippen LogP contribution in [-0.4, -0.2) is 250 Å². The molecule has 0 heterocycles. The Morgan fingerprint density at radius 2 is 0.324 bits per heavy atom. The van der Waals surface area contributed by atoms with E-state index in [1.807, 2.05) is 0 Å². The minimum absolute atomic E-state index is 0.00156. The number of hydrogen-bond donors (Lipinski definition) is 41. The molecule has 628 valence electrons. The maximum atomic E-state index is 15.0. The summed E-state index contributed by atoms with van der Waals surface area (Å²) in [6, 6.07) is -14.1. The van der Waals surface area contributed by atoms with E-state index in [9.17, 15) is 48.3 Å². The molecule has 51 heteroatoms. The summed E-state index contributed by atoms with van der Waals surface area (Å²) in [4.78, 5) is 171. The molecular weight excluding hydrogens is 1460 g/mol. The largest absolute Gasteiger partial charge is 0.480 e. The Labute approximate surface area is 642 Å². The summed E-state index contributed by atoms with van der Waals surface area (Å²) < 4.78 is 0. The van der Waals surface area contributed by atoms with Crippen molar-refractivity contribution < 1.29 is 109 Å². The number of aliphatic carboxylic acids is 1. The van der Waals surface area contributed by atoms with Crippen LogP contribution in [0.2, 0.25) is 0 Å². The molecule has 0 aromatic heterocycles. The van der Waals surface area contributed by atoms with Gasteiger partial charge in [0.25, 0.3) is 5.91 Å². The van der Waals surface area contributed by atoms with Gasteiger partial charge >= 0.3 is 65.6 Å². The lowest BCUT2D eigenvalue weighted by atomic mass is 10.0. The molecule has 0 unspecified atom stereocenters. The summed E-state index contributed by atoms with van der Waals surface area (Å²) >= 11 is 0. The molecule has 0 saturated carbocycles. The number of carboxylic acids is 1. The standard InChI is InChI=1S/C60H122N40O11/c61-31(11-1-21-82-51(62)63)41(101)92-32(12-2-22-83-52(64)65)42(102)93-33(13-3-23-84-53(66)67)43(103)94-34(14-4-24-85-54(68)69)44(104)95-35(15-5-25-86-55(70)71)45(105)96-36(16-6-26-87-56(72)73)46(106)97-37(17-7-27-88-57(74)75)47(107)98-38(18-8-28-89-58(76)77)48(108)99-39(19-9-29-90-59(78)79)49(109)100-40(50(110)111)20-10-30-91-60(80)81/h31-40H,1-30,61H2,(H,92,101)(H,93,102)(H,94,103)(H,95,104)(H,96,105)(H,97,106)(H,98,107)(H,99,108)(H,100,109)(H,110,111)(H4,62,63,82)(H4,64,65,83)(H4,66,67,84)(H4,68,69,85)(H4,70,71,86)(H4,72,73,87)(H4,74,75,88)(H4,76,77,89)(H4,78,79,90)(H4,80,81,91)/p+11/t31-,32-,33-,34-,35-,36-,37-,38-,39-,40-/m0/s1. The highest BCUT2D eigenvalue weighted by Crippen LogP contribution is 2.11. The summed E-state index contributed by atoms with van der Waals surface area (Å²) in [6.07, 6.45) is 0.544. The molecule has 10 atom stereocenters. The maximum absolute atomic E-state index is 15.0. The van der Waals surface area contributed by atoms with Gasteiger partial charge in [-0.15, -0.1) is 0 Å². The Morgan fingerprint density at radius 1 is 0.207 bits per heavy atom. The van der Waals surface area contributed by atoms with Crippen LogP contribution in [-0.2, 0) is 47.9 Å². The number of carboxylic acid groups (broad SMARTS) is 1. The highest BCUT2D eigenvalue weighted by atomic mass is 16.4. The minimum Gasteiger partial charge on any atom is -0.480 e. The van der Waals surface area contributed by atoms with Crippen molar-refractivity contribution in [2.45, 2.75) is 189 Å². The number of quaternary nitrogens is 1. The van der Waals surface area contributed by atoms with Crippen molar-refractivity contribution in [2.75, 3.05) is 65.4 Å². The van der Waals surface area contributed by atoms with E-state index in [1.165, 1.54) is 0 Å². The van der Waals surface area contributed by atoms with Crippen LogP contribution in [0, 0.1) is 0 Å². The lowest BCUT2D eigenvalue weighted by molar-refractivity contribution is -0.463. The van der Waals surface area contributed by atoms with Crippen LogP contribution < -0.4 is 218 Å². The zero-order valence-corrected chi connectivity index (χ0v) is 63.3. The van der Waals surface area contributed by atoms with Gasteiger partial charge in [0, 0.05) is 6.42 Å². The number of nitrogens with two attached hydrogens (primary N) is 20. The van der Waals surface area contributed by atoms with Gasteiger partial charge in [-0.05, 0) is 122 Å². The van der Waals surface area contributed by atoms with Crippen molar-refractivity contribution in [3.05, 3.63) is 0 Å². The summed E-state index contributed by atoms with van der Waals surface area (Å²) in [5.41, 5.74) is 116. The van der Waals surface area contributed by atoms with Crippen molar-refractivity contribution >= 4 is 119 Å². The number of hydrogen-bond acceptors (Lipinski definition) is 10. The summed E-state index contributed by atoms with van der Waals surface area (Å²) in [6.45, 7) is 1.17. The van der Waals surface area contributed by atoms with Crippen molar-refractivity contribution in [3.8, 4) is 0 Å². The van der Waals surface area contributed by atoms with Gasteiger partial charge in [0.15, 0.2) is 6.04 Å². The number of carbonyl (C=O) groups excluding carboxylic acids is 9. The van der Waals surface area contributed by atoms with Crippen LogP contribution in [0.15, 0.2) is 0 Å². The van der Waals surface area contributed by atoms with Crippen LogP contribution in [0.4, 0.5) is 0 Å². The zero-order valence-electron chi connectivity index (χ0n) is 63.3. The van der Waals surface area contributed by atoms with Gasteiger partial charge in [0.05, 0.1) is 65.4 Å². The highest BCUT2D eigenvalue weighted by Gasteiger charge is 2.36. The average molecular weight is 1590 g/mol. The topological polar surface area (TPSA) is 987 Å². The van der Waals surface area contributed by atoms with E-state index in [4.69, 9.17) is 115 Å². The minimum atomic E-state index is -1.55. The Balaban J connectivity index is 7.99. The lowest BCUT2D eigenvalue weighted by Gasteiger charge is -2.28. The predicted molar refractivity (Wildman–Crippen MR) is 406 cm³/mol. The van der Waals surface area contributed by atoms with Crippen molar-refractivity contribution in [1.29, 1.82) is 0 Å². The van der Waals surface area contributed by atoms with E-state index in [0.717, 1.165) is 0 Å². The predicted octanol–water partition coefficient (Wildman–Crippen LogP) is -34.6. The molecule has 0 radical (unpaired) electrons. The van der Waals surface area contributed by atoms with Gasteiger partial charge in [-0.2, -0.15) is 0 Å². The molecule has 0 saturated heterocycles. The van der Waals surface area contributed by atoms with Gasteiger partial charge in [-0.25, -0.2) is 4.79 Å². The molecule has 111 heavy (non-hydrogen) atoms. The van der Waals surface area contributed by atoms with Crippen molar-refractivity contribution in [1.82, 2.24) is 47.9 Å². The molecule has 0 aromatic rings. The smallest absolute Gasteiger partial charge is 0.338 e.